The molecule has 1 heterocycles. The monoisotopic (exact) mass is 454 g/mol. The molecule has 3 aromatic rings. The van der Waals surface area contributed by atoms with Crippen molar-refractivity contribution in [3.63, 3.8) is 0 Å². The minimum atomic E-state index is -0.225. The molecule has 6 nitrogen and oxygen atoms in total. The van der Waals surface area contributed by atoms with Gasteiger partial charge in [0.1, 0.15) is 5.82 Å². The van der Waals surface area contributed by atoms with Crippen molar-refractivity contribution in [1.29, 1.82) is 0 Å². The van der Waals surface area contributed by atoms with Crippen LogP contribution < -0.4 is 10.6 Å². The van der Waals surface area contributed by atoms with Gasteiger partial charge in [0.05, 0.1) is 19.1 Å². The van der Waals surface area contributed by atoms with Gasteiger partial charge in [-0.3, -0.25) is 14.5 Å². The molecule has 0 aliphatic carbocycles. The molecule has 0 aliphatic heterocycles. The summed E-state index contributed by atoms with van der Waals surface area (Å²) >= 11 is 3.30. The fourth-order valence-corrected chi connectivity index (χ4v) is 3.41. The second-order valence-corrected chi connectivity index (χ2v) is 7.86. The molecule has 1 atom stereocenters. The average molecular weight is 455 g/mol. The molecule has 3 rings (SSSR count). The summed E-state index contributed by atoms with van der Waals surface area (Å²) in [5.74, 6) is 0.111. The van der Waals surface area contributed by atoms with Crippen LogP contribution in [0.1, 0.15) is 18.5 Å². The third-order valence-electron chi connectivity index (χ3n) is 4.49. The number of carbonyl (C=O) groups is 2. The fourth-order valence-electron chi connectivity index (χ4n) is 3.17. The first kappa shape index (κ1) is 21.0. The van der Waals surface area contributed by atoms with Crippen LogP contribution in [-0.2, 0) is 9.59 Å². The molecule has 2 amide bonds. The third kappa shape index (κ3) is 5.85. The first-order chi connectivity index (χ1) is 13.9. The standard InChI is InChI=1S/C22H23BrN4O2/c1-15(18-9-5-7-16-6-3-4-8-19(16)18)25-21(28)13-27(2)14-22(29)26-20-11-10-17(23)12-24-20/h3-12,15H,13-14H2,1-2H3,(H,25,28)(H,24,26,29). The van der Waals surface area contributed by atoms with Crippen LogP contribution in [0.15, 0.2) is 65.3 Å². The molecule has 150 valence electrons. The number of carbonyl (C=O) groups excluding carboxylic acids is 2. The number of halogens is 1. The molecule has 0 radical (unpaired) electrons. The zero-order chi connectivity index (χ0) is 20.8. The van der Waals surface area contributed by atoms with E-state index in [9.17, 15) is 9.59 Å². The molecule has 0 fully saturated rings. The molecule has 2 aromatic carbocycles. The van der Waals surface area contributed by atoms with Crippen LogP contribution >= 0.6 is 15.9 Å². The second-order valence-electron chi connectivity index (χ2n) is 6.94. The van der Waals surface area contributed by atoms with E-state index >= 15 is 0 Å². The van der Waals surface area contributed by atoms with E-state index in [1.54, 1.807) is 30.3 Å². The molecular weight excluding hydrogens is 432 g/mol. The largest absolute Gasteiger partial charge is 0.348 e. The Bertz CT molecular complexity index is 1000. The Morgan fingerprint density at radius 3 is 2.52 bits per heavy atom. The Hall–Kier alpha value is -2.77. The minimum absolute atomic E-state index is 0.0911. The molecular formula is C22H23BrN4O2. The minimum Gasteiger partial charge on any atom is -0.348 e. The van der Waals surface area contributed by atoms with E-state index in [4.69, 9.17) is 0 Å². The van der Waals surface area contributed by atoms with Gasteiger partial charge in [-0.1, -0.05) is 42.5 Å². The third-order valence-corrected chi connectivity index (χ3v) is 4.96. The van der Waals surface area contributed by atoms with Crippen molar-refractivity contribution in [2.75, 3.05) is 25.5 Å². The molecule has 0 spiro atoms. The normalized spacial score (nSPS) is 12.0. The van der Waals surface area contributed by atoms with Crippen molar-refractivity contribution in [2.45, 2.75) is 13.0 Å². The van der Waals surface area contributed by atoms with E-state index in [1.165, 1.54) is 0 Å². The Kier molecular flexibility index (Phi) is 6.95. The Morgan fingerprint density at radius 2 is 1.76 bits per heavy atom. The summed E-state index contributed by atoms with van der Waals surface area (Å²) in [6.07, 6.45) is 1.61. The van der Waals surface area contributed by atoms with Crippen LogP contribution in [0.4, 0.5) is 5.82 Å². The van der Waals surface area contributed by atoms with Crippen LogP contribution in [0.3, 0.4) is 0 Å². The van der Waals surface area contributed by atoms with Gasteiger partial charge >= 0.3 is 0 Å². The zero-order valence-electron chi connectivity index (χ0n) is 16.4. The zero-order valence-corrected chi connectivity index (χ0v) is 17.9. The highest BCUT2D eigenvalue weighted by Gasteiger charge is 2.15. The van der Waals surface area contributed by atoms with Crippen LogP contribution in [-0.4, -0.2) is 41.8 Å². The fraction of sp³-hybridized carbons (Fsp3) is 0.227. The van der Waals surface area contributed by atoms with Gasteiger partial charge in [-0.25, -0.2) is 4.98 Å². The molecule has 0 bridgehead atoms. The van der Waals surface area contributed by atoms with Gasteiger partial charge in [0.2, 0.25) is 11.8 Å². The number of benzene rings is 2. The average Bonchev–Trinajstić information content (AvgIpc) is 2.68. The Balaban J connectivity index is 1.52. The van der Waals surface area contributed by atoms with Gasteiger partial charge in [0, 0.05) is 10.7 Å². The highest BCUT2D eigenvalue weighted by molar-refractivity contribution is 9.10. The molecule has 0 saturated carbocycles. The van der Waals surface area contributed by atoms with Crippen LogP contribution in [0.5, 0.6) is 0 Å². The van der Waals surface area contributed by atoms with Crippen molar-refractivity contribution in [3.8, 4) is 0 Å². The van der Waals surface area contributed by atoms with Gasteiger partial charge in [0.25, 0.3) is 0 Å². The number of aromatic nitrogens is 1. The summed E-state index contributed by atoms with van der Waals surface area (Å²) in [5, 5.41) is 8.00. The van der Waals surface area contributed by atoms with E-state index in [1.807, 2.05) is 31.2 Å². The van der Waals surface area contributed by atoms with Gasteiger partial charge in [-0.2, -0.15) is 0 Å². The number of fused-ring (bicyclic) bond motifs is 1. The molecule has 29 heavy (non-hydrogen) atoms. The predicted molar refractivity (Wildman–Crippen MR) is 119 cm³/mol. The van der Waals surface area contributed by atoms with Crippen LogP contribution in [0.25, 0.3) is 10.8 Å². The van der Waals surface area contributed by atoms with Crippen molar-refractivity contribution < 1.29 is 9.59 Å². The number of amides is 2. The smallest absolute Gasteiger partial charge is 0.239 e. The summed E-state index contributed by atoms with van der Waals surface area (Å²) in [4.78, 5) is 30.4. The van der Waals surface area contributed by atoms with Gasteiger partial charge < -0.3 is 10.6 Å². The van der Waals surface area contributed by atoms with Crippen molar-refractivity contribution >= 4 is 44.3 Å². The van der Waals surface area contributed by atoms with Gasteiger partial charge in [-0.05, 0) is 58.4 Å². The number of hydrogen-bond acceptors (Lipinski definition) is 4. The number of rotatable bonds is 7. The summed E-state index contributed by atoms with van der Waals surface area (Å²) in [6.45, 7) is 2.18. The lowest BCUT2D eigenvalue weighted by molar-refractivity contribution is -0.123. The second kappa shape index (κ2) is 9.62. The molecule has 2 N–H and O–H groups in total. The lowest BCUT2D eigenvalue weighted by Crippen LogP contribution is -2.39. The van der Waals surface area contributed by atoms with E-state index in [2.05, 4.69) is 49.7 Å². The highest BCUT2D eigenvalue weighted by Crippen LogP contribution is 2.23. The number of likely N-dealkylation sites (N-methyl/N-ethyl adjacent to an activating group) is 1. The first-order valence-corrected chi connectivity index (χ1v) is 10.1. The number of hydrogen-bond donors (Lipinski definition) is 2. The summed E-state index contributed by atoms with van der Waals surface area (Å²) in [5.41, 5.74) is 1.07. The van der Waals surface area contributed by atoms with Crippen LogP contribution in [0, 0.1) is 0 Å². The SMILES string of the molecule is CC(NC(=O)CN(C)CC(=O)Nc1ccc(Br)cn1)c1cccc2ccccc12. The van der Waals surface area contributed by atoms with E-state index in [0.717, 1.165) is 20.8 Å². The lowest BCUT2D eigenvalue weighted by Gasteiger charge is -2.20. The Morgan fingerprint density at radius 1 is 1.03 bits per heavy atom. The number of nitrogens with zero attached hydrogens (tertiary/aromatic N) is 2. The maximum absolute atomic E-state index is 12.4. The topological polar surface area (TPSA) is 74.3 Å². The van der Waals surface area contributed by atoms with E-state index < -0.39 is 0 Å². The van der Waals surface area contributed by atoms with Crippen molar-refractivity contribution in [2.24, 2.45) is 0 Å². The molecule has 0 aliphatic rings. The Labute approximate surface area is 178 Å². The summed E-state index contributed by atoms with van der Waals surface area (Å²) in [7, 11) is 1.73. The predicted octanol–water partition coefficient (Wildman–Crippen LogP) is 3.75. The number of nitrogens with one attached hydrogen (secondary N) is 2. The van der Waals surface area contributed by atoms with Crippen molar-refractivity contribution in [1.82, 2.24) is 15.2 Å². The van der Waals surface area contributed by atoms with Crippen molar-refractivity contribution in [3.05, 3.63) is 70.8 Å². The molecule has 7 heteroatoms. The lowest BCUT2D eigenvalue weighted by atomic mass is 10.00. The summed E-state index contributed by atoms with van der Waals surface area (Å²) < 4.78 is 0.838. The quantitative estimate of drug-likeness (QED) is 0.569. The number of pyridine rings is 1. The first-order valence-electron chi connectivity index (χ1n) is 9.29. The molecule has 1 aromatic heterocycles. The van der Waals surface area contributed by atoms with Gasteiger partial charge in [-0.15, -0.1) is 0 Å². The molecule has 0 saturated heterocycles. The van der Waals surface area contributed by atoms with E-state index in [-0.39, 0.29) is 30.9 Å². The molecule has 1 unspecified atom stereocenters. The maximum Gasteiger partial charge on any atom is 0.239 e. The summed E-state index contributed by atoms with van der Waals surface area (Å²) in [6, 6.07) is 17.5. The van der Waals surface area contributed by atoms with Gasteiger partial charge in [0.15, 0.2) is 0 Å². The van der Waals surface area contributed by atoms with Crippen LogP contribution in [0.2, 0.25) is 0 Å². The highest BCUT2D eigenvalue weighted by atomic mass is 79.9. The maximum atomic E-state index is 12.4. The van der Waals surface area contributed by atoms with E-state index in [0.29, 0.717) is 5.82 Å². The number of anilines is 1.